The molecular formula is C26H28N6O4. The number of H-pyrrole nitrogens is 1. The fraction of sp³-hybridized carbons (Fsp3) is 0.308. The van der Waals surface area contributed by atoms with Crippen molar-refractivity contribution in [3.8, 4) is 11.6 Å². The van der Waals surface area contributed by atoms with Crippen LogP contribution in [0.3, 0.4) is 0 Å². The molecule has 1 aliphatic carbocycles. The first-order valence-electron chi connectivity index (χ1n) is 11.8. The summed E-state index contributed by atoms with van der Waals surface area (Å²) in [6.45, 7) is 1.37. The van der Waals surface area contributed by atoms with E-state index >= 15 is 0 Å². The number of hydrogen-bond acceptors (Lipinski definition) is 8. The van der Waals surface area contributed by atoms with Crippen molar-refractivity contribution in [2.24, 2.45) is 5.92 Å². The van der Waals surface area contributed by atoms with Crippen LogP contribution in [-0.2, 0) is 9.53 Å². The van der Waals surface area contributed by atoms with Gasteiger partial charge in [0.05, 0.1) is 44.8 Å². The first-order chi connectivity index (χ1) is 17.6. The van der Waals surface area contributed by atoms with E-state index in [2.05, 4.69) is 30.8 Å². The highest BCUT2D eigenvalue weighted by atomic mass is 16.5. The molecule has 2 fully saturated rings. The fourth-order valence-corrected chi connectivity index (χ4v) is 3.66. The largest absolute Gasteiger partial charge is 0.497 e. The maximum atomic E-state index is 11.4. The molecule has 2 aromatic heterocycles. The molecule has 0 radical (unpaired) electrons. The lowest BCUT2D eigenvalue weighted by Gasteiger charge is -2.25. The summed E-state index contributed by atoms with van der Waals surface area (Å²) in [6.07, 6.45) is 3.80. The van der Waals surface area contributed by atoms with Crippen molar-refractivity contribution in [2.75, 3.05) is 38.1 Å². The smallest absolute Gasteiger partial charge is 0.257 e. The number of fused-ring (bicyclic) bond motifs is 1. The summed E-state index contributed by atoms with van der Waals surface area (Å²) >= 11 is 0. The summed E-state index contributed by atoms with van der Waals surface area (Å²) < 4.78 is 15.5. The molecular weight excluding hydrogens is 460 g/mol. The summed E-state index contributed by atoms with van der Waals surface area (Å²) in [5.74, 6) is 3.18. The summed E-state index contributed by atoms with van der Waals surface area (Å²) in [6, 6.07) is 15.3. The van der Waals surface area contributed by atoms with Gasteiger partial charge in [-0.15, -0.1) is 0 Å². The minimum atomic E-state index is 0.134. The van der Waals surface area contributed by atoms with Gasteiger partial charge in [0.2, 0.25) is 5.91 Å². The fourth-order valence-electron chi connectivity index (χ4n) is 3.66. The maximum absolute atomic E-state index is 11.4. The number of aromatic amines is 1. The van der Waals surface area contributed by atoms with Crippen molar-refractivity contribution in [2.45, 2.75) is 18.8 Å². The van der Waals surface area contributed by atoms with Crippen LogP contribution in [0, 0.1) is 5.92 Å². The van der Waals surface area contributed by atoms with E-state index in [-0.39, 0.29) is 11.8 Å². The van der Waals surface area contributed by atoms with Gasteiger partial charge in [-0.05, 0) is 49.2 Å². The van der Waals surface area contributed by atoms with Crippen LogP contribution >= 0.6 is 0 Å². The van der Waals surface area contributed by atoms with Crippen LogP contribution in [0.15, 0.2) is 54.7 Å². The van der Waals surface area contributed by atoms with Crippen LogP contribution in [0.1, 0.15) is 24.5 Å². The first-order valence-corrected chi connectivity index (χ1v) is 11.8. The summed E-state index contributed by atoms with van der Waals surface area (Å²) in [7, 11) is 3.20. The third-order valence-corrected chi connectivity index (χ3v) is 6.02. The van der Waals surface area contributed by atoms with E-state index in [0.29, 0.717) is 36.6 Å². The van der Waals surface area contributed by atoms with Gasteiger partial charge < -0.3 is 24.8 Å². The van der Waals surface area contributed by atoms with Crippen molar-refractivity contribution in [1.29, 1.82) is 0 Å². The normalized spacial score (nSPS) is 14.8. The molecule has 1 amide bonds. The number of aromatic nitrogens is 4. The lowest BCUT2D eigenvalue weighted by atomic mass is 10.1. The van der Waals surface area contributed by atoms with Crippen molar-refractivity contribution in [3.05, 3.63) is 60.4 Å². The second-order valence-electron chi connectivity index (χ2n) is 8.62. The van der Waals surface area contributed by atoms with Gasteiger partial charge in [-0.3, -0.25) is 9.89 Å². The van der Waals surface area contributed by atoms with Crippen molar-refractivity contribution >= 4 is 34.1 Å². The number of benzene rings is 2. The molecule has 0 bridgehead atoms. The van der Waals surface area contributed by atoms with E-state index in [1.54, 1.807) is 20.4 Å². The number of ether oxygens (including phenoxy) is 3. The van der Waals surface area contributed by atoms with E-state index in [9.17, 15) is 4.79 Å². The minimum absolute atomic E-state index is 0.134. The van der Waals surface area contributed by atoms with E-state index in [1.807, 2.05) is 48.5 Å². The third kappa shape index (κ3) is 5.38. The highest BCUT2D eigenvalue weighted by molar-refractivity contribution is 5.94. The second kappa shape index (κ2) is 10.6. The van der Waals surface area contributed by atoms with E-state index in [4.69, 9.17) is 14.2 Å². The molecule has 0 atom stereocenters. The molecule has 36 heavy (non-hydrogen) atoms. The molecule has 6 rings (SSSR count). The second-order valence-corrected chi connectivity index (χ2v) is 8.62. The van der Waals surface area contributed by atoms with E-state index in [0.717, 1.165) is 40.9 Å². The van der Waals surface area contributed by atoms with Gasteiger partial charge in [0.25, 0.3) is 5.88 Å². The molecule has 2 aromatic carbocycles. The van der Waals surface area contributed by atoms with Crippen LogP contribution < -0.4 is 20.1 Å². The van der Waals surface area contributed by atoms with Crippen molar-refractivity contribution in [1.82, 2.24) is 20.2 Å². The molecule has 1 saturated carbocycles. The van der Waals surface area contributed by atoms with Gasteiger partial charge in [-0.2, -0.15) is 5.10 Å². The van der Waals surface area contributed by atoms with Crippen LogP contribution in [-0.4, -0.2) is 53.5 Å². The first kappa shape index (κ1) is 23.6. The van der Waals surface area contributed by atoms with Gasteiger partial charge in [0, 0.05) is 22.9 Å². The molecule has 10 nitrogen and oxygen atoms in total. The van der Waals surface area contributed by atoms with Crippen LogP contribution in [0.2, 0.25) is 0 Å². The monoisotopic (exact) mass is 488 g/mol. The Hall–Kier alpha value is -4.18. The van der Waals surface area contributed by atoms with Crippen molar-refractivity contribution in [3.63, 3.8) is 0 Å². The van der Waals surface area contributed by atoms with Crippen LogP contribution in [0.25, 0.3) is 10.9 Å². The zero-order valence-corrected chi connectivity index (χ0v) is 20.2. The van der Waals surface area contributed by atoms with Gasteiger partial charge in [-0.1, -0.05) is 12.1 Å². The Morgan fingerprint density at radius 2 is 1.81 bits per heavy atom. The number of amides is 1. The molecule has 1 aliphatic heterocycles. The summed E-state index contributed by atoms with van der Waals surface area (Å²) in [5.41, 5.74) is 2.69. The zero-order chi connectivity index (χ0) is 24.9. The predicted molar refractivity (Wildman–Crippen MR) is 136 cm³/mol. The lowest BCUT2D eigenvalue weighted by molar-refractivity contribution is -0.117. The maximum Gasteiger partial charge on any atom is 0.257 e. The highest BCUT2D eigenvalue weighted by Crippen LogP contribution is 2.31. The molecule has 2 aliphatic rings. The summed E-state index contributed by atoms with van der Waals surface area (Å²) in [4.78, 5) is 20.3. The third-order valence-electron chi connectivity index (χ3n) is 6.02. The SMILES string of the molecule is COc1ccc(NC(=O)C2CC2)cc1.COc1ncc(C2COC2)nc1Nc1n[nH]c2ccccc12. The minimum Gasteiger partial charge on any atom is -0.497 e. The van der Waals surface area contributed by atoms with Crippen LogP contribution in [0.5, 0.6) is 11.6 Å². The molecule has 4 aromatic rings. The van der Waals surface area contributed by atoms with Gasteiger partial charge in [0.15, 0.2) is 11.6 Å². The Kier molecular flexibility index (Phi) is 6.94. The quantitative estimate of drug-likeness (QED) is 0.353. The Morgan fingerprint density at radius 3 is 2.47 bits per heavy atom. The van der Waals surface area contributed by atoms with Gasteiger partial charge in [-0.25, -0.2) is 9.97 Å². The number of carbonyl (C=O) groups is 1. The Labute approximate surface area is 208 Å². The molecule has 10 heteroatoms. The molecule has 186 valence electrons. The Bertz CT molecular complexity index is 1330. The Morgan fingerprint density at radius 1 is 1.03 bits per heavy atom. The average molecular weight is 489 g/mol. The predicted octanol–water partition coefficient (Wildman–Crippen LogP) is 4.26. The number of anilines is 3. The molecule has 1 saturated heterocycles. The number of para-hydroxylation sites is 1. The number of carbonyl (C=O) groups excluding carboxylic acids is 1. The van der Waals surface area contributed by atoms with Crippen molar-refractivity contribution < 1.29 is 19.0 Å². The van der Waals surface area contributed by atoms with E-state index < -0.39 is 0 Å². The molecule has 3 heterocycles. The number of methoxy groups -OCH3 is 2. The Balaban J connectivity index is 0.000000165. The number of nitrogens with zero attached hydrogens (tertiary/aromatic N) is 3. The van der Waals surface area contributed by atoms with E-state index in [1.165, 1.54) is 0 Å². The number of hydrogen-bond donors (Lipinski definition) is 3. The summed E-state index contributed by atoms with van der Waals surface area (Å²) in [5, 5.41) is 14.3. The molecule has 0 spiro atoms. The topological polar surface area (TPSA) is 123 Å². The molecule has 3 N–H and O–H groups in total. The van der Waals surface area contributed by atoms with Gasteiger partial charge >= 0.3 is 0 Å². The molecule has 0 unspecified atom stereocenters. The number of rotatable bonds is 7. The zero-order valence-electron chi connectivity index (χ0n) is 20.2. The highest BCUT2D eigenvalue weighted by Gasteiger charge is 2.29. The van der Waals surface area contributed by atoms with Gasteiger partial charge in [0.1, 0.15) is 5.75 Å². The standard InChI is InChI=1S/C15H15N5O2.C11H13NO2/c1-21-15-14(17-12(6-16-15)9-7-22-8-9)18-13-10-4-2-3-5-11(10)19-20-13;1-14-10-6-4-9(5-7-10)12-11(13)8-2-3-8/h2-6,9H,7-8H2,1H3,(H2,17,18,19,20);4-8H,2-3H2,1H3,(H,12,13). The van der Waals surface area contributed by atoms with Crippen LogP contribution in [0.4, 0.5) is 17.3 Å². The number of nitrogens with one attached hydrogen (secondary N) is 3. The lowest BCUT2D eigenvalue weighted by Crippen LogP contribution is -2.26. The average Bonchev–Trinajstić information content (AvgIpc) is 3.66.